The van der Waals surface area contributed by atoms with Crippen LogP contribution in [0.3, 0.4) is 0 Å². The van der Waals surface area contributed by atoms with Gasteiger partial charge in [-0.1, -0.05) is 12.1 Å². The molecule has 0 aromatic heterocycles. The van der Waals surface area contributed by atoms with Crippen molar-refractivity contribution < 1.29 is 19.7 Å². The van der Waals surface area contributed by atoms with Crippen LogP contribution in [0.1, 0.15) is 18.6 Å². The van der Waals surface area contributed by atoms with Crippen LogP contribution in [0, 0.1) is 0 Å². The van der Waals surface area contributed by atoms with Gasteiger partial charge in [-0.25, -0.2) is 0 Å². The molecule has 0 bridgehead atoms. The van der Waals surface area contributed by atoms with E-state index >= 15 is 0 Å². The van der Waals surface area contributed by atoms with Gasteiger partial charge in [-0.15, -0.1) is 0 Å². The molecular formula is C11H15NO4. The summed E-state index contributed by atoms with van der Waals surface area (Å²) in [6.45, 7) is 1.88. The maximum atomic E-state index is 11.3. The fraction of sp³-hybridized carbons (Fsp3) is 0.364. The molecule has 88 valence electrons. The normalized spacial score (nSPS) is 14.2. The Morgan fingerprint density at radius 2 is 2.00 bits per heavy atom. The largest absolute Gasteiger partial charge is 0.508 e. The van der Waals surface area contributed by atoms with Crippen molar-refractivity contribution in [3.63, 3.8) is 0 Å². The summed E-state index contributed by atoms with van der Waals surface area (Å²) in [5, 5.41) is 18.8. The second-order valence-corrected chi connectivity index (χ2v) is 3.31. The Morgan fingerprint density at radius 3 is 2.50 bits per heavy atom. The van der Waals surface area contributed by atoms with Gasteiger partial charge in [0.15, 0.2) is 0 Å². The van der Waals surface area contributed by atoms with E-state index in [0.717, 1.165) is 0 Å². The monoisotopic (exact) mass is 225 g/mol. The number of phenols is 1. The van der Waals surface area contributed by atoms with Crippen molar-refractivity contribution in [3.05, 3.63) is 29.8 Å². The number of phenolic OH excluding ortho intramolecular Hbond substituents is 1. The first-order valence-corrected chi connectivity index (χ1v) is 4.95. The minimum absolute atomic E-state index is 0.0839. The van der Waals surface area contributed by atoms with Crippen LogP contribution in [0.4, 0.5) is 0 Å². The SMILES string of the molecule is CCOC(=O)C(N)C(O)c1ccc(O)cc1. The Bertz CT molecular complexity index is 350. The molecule has 0 fully saturated rings. The third-order valence-electron chi connectivity index (χ3n) is 2.13. The highest BCUT2D eigenvalue weighted by Crippen LogP contribution is 2.19. The maximum Gasteiger partial charge on any atom is 0.325 e. The van der Waals surface area contributed by atoms with Crippen molar-refractivity contribution in [1.29, 1.82) is 0 Å². The smallest absolute Gasteiger partial charge is 0.325 e. The summed E-state index contributed by atoms with van der Waals surface area (Å²) in [6, 6.07) is 4.70. The molecule has 1 rings (SSSR count). The van der Waals surface area contributed by atoms with Gasteiger partial charge in [-0.2, -0.15) is 0 Å². The van der Waals surface area contributed by atoms with Crippen molar-refractivity contribution in [2.45, 2.75) is 19.1 Å². The highest BCUT2D eigenvalue weighted by Gasteiger charge is 2.25. The Hall–Kier alpha value is -1.59. The fourth-order valence-electron chi connectivity index (χ4n) is 1.25. The highest BCUT2D eigenvalue weighted by molar-refractivity contribution is 5.76. The van der Waals surface area contributed by atoms with Crippen LogP contribution in [0.25, 0.3) is 0 Å². The molecule has 0 aliphatic carbocycles. The molecule has 5 heteroatoms. The van der Waals surface area contributed by atoms with Gasteiger partial charge in [-0.05, 0) is 24.6 Å². The van der Waals surface area contributed by atoms with Gasteiger partial charge in [-0.3, -0.25) is 4.79 Å². The molecule has 5 nitrogen and oxygen atoms in total. The molecular weight excluding hydrogens is 210 g/mol. The van der Waals surface area contributed by atoms with E-state index in [1.165, 1.54) is 24.3 Å². The molecule has 0 heterocycles. The molecule has 0 aliphatic rings. The molecule has 16 heavy (non-hydrogen) atoms. The van der Waals surface area contributed by atoms with Crippen molar-refractivity contribution in [1.82, 2.24) is 0 Å². The highest BCUT2D eigenvalue weighted by atomic mass is 16.5. The van der Waals surface area contributed by atoms with E-state index in [1.54, 1.807) is 6.92 Å². The van der Waals surface area contributed by atoms with Crippen molar-refractivity contribution in [2.24, 2.45) is 5.73 Å². The molecule has 1 aromatic rings. The topological polar surface area (TPSA) is 92.8 Å². The lowest BCUT2D eigenvalue weighted by atomic mass is 10.0. The fourth-order valence-corrected chi connectivity index (χ4v) is 1.25. The first-order valence-electron chi connectivity index (χ1n) is 4.95. The molecule has 0 spiro atoms. The zero-order chi connectivity index (χ0) is 12.1. The van der Waals surface area contributed by atoms with E-state index in [-0.39, 0.29) is 12.4 Å². The van der Waals surface area contributed by atoms with Crippen LogP contribution in [0.15, 0.2) is 24.3 Å². The second kappa shape index (κ2) is 5.48. The van der Waals surface area contributed by atoms with Crippen LogP contribution in [-0.4, -0.2) is 28.8 Å². The van der Waals surface area contributed by atoms with Gasteiger partial charge in [0.05, 0.1) is 6.61 Å². The number of nitrogens with two attached hydrogens (primary N) is 1. The molecule has 0 amide bonds. The molecule has 0 aliphatic heterocycles. The third kappa shape index (κ3) is 2.95. The van der Waals surface area contributed by atoms with E-state index in [0.29, 0.717) is 5.56 Å². The van der Waals surface area contributed by atoms with Gasteiger partial charge in [0.2, 0.25) is 0 Å². The summed E-state index contributed by atoms with van der Waals surface area (Å²) in [5.41, 5.74) is 5.99. The summed E-state index contributed by atoms with van der Waals surface area (Å²) in [4.78, 5) is 11.3. The Balaban J connectivity index is 2.73. The summed E-state index contributed by atoms with van der Waals surface area (Å²) >= 11 is 0. The average molecular weight is 225 g/mol. The van der Waals surface area contributed by atoms with Gasteiger partial charge in [0.25, 0.3) is 0 Å². The van der Waals surface area contributed by atoms with Crippen LogP contribution in [-0.2, 0) is 9.53 Å². The summed E-state index contributed by atoms with van der Waals surface area (Å²) in [7, 11) is 0. The van der Waals surface area contributed by atoms with E-state index < -0.39 is 18.1 Å². The van der Waals surface area contributed by atoms with Crippen LogP contribution in [0.5, 0.6) is 5.75 Å². The average Bonchev–Trinajstić information content (AvgIpc) is 2.28. The number of benzene rings is 1. The summed E-state index contributed by atoms with van der Waals surface area (Å²) in [5.74, 6) is -0.566. The number of aromatic hydroxyl groups is 1. The number of aliphatic hydroxyl groups is 1. The van der Waals surface area contributed by atoms with E-state index in [4.69, 9.17) is 15.6 Å². The number of hydrogen-bond acceptors (Lipinski definition) is 5. The molecule has 0 radical (unpaired) electrons. The lowest BCUT2D eigenvalue weighted by Gasteiger charge is -2.17. The number of aliphatic hydroxyl groups excluding tert-OH is 1. The standard InChI is InChI=1S/C11H15NO4/c1-2-16-11(15)9(12)10(14)7-3-5-8(13)6-4-7/h3-6,9-10,13-14H,2,12H2,1H3. The van der Waals surface area contributed by atoms with Gasteiger partial charge >= 0.3 is 5.97 Å². The van der Waals surface area contributed by atoms with Crippen molar-refractivity contribution in [2.75, 3.05) is 6.61 Å². The van der Waals surface area contributed by atoms with Crippen LogP contribution < -0.4 is 5.73 Å². The molecule has 2 unspecified atom stereocenters. The Kier molecular flexibility index (Phi) is 4.28. The molecule has 4 N–H and O–H groups in total. The molecule has 0 saturated carbocycles. The predicted octanol–water partition coefficient (Wildman–Crippen LogP) is 0.316. The number of carbonyl (C=O) groups excluding carboxylic acids is 1. The van der Waals surface area contributed by atoms with E-state index in [2.05, 4.69) is 0 Å². The Morgan fingerprint density at radius 1 is 1.44 bits per heavy atom. The maximum absolute atomic E-state index is 11.3. The lowest BCUT2D eigenvalue weighted by molar-refractivity contribution is -0.147. The Labute approximate surface area is 93.5 Å². The lowest BCUT2D eigenvalue weighted by Crippen LogP contribution is -2.38. The predicted molar refractivity (Wildman–Crippen MR) is 57.7 cm³/mol. The number of rotatable bonds is 4. The van der Waals surface area contributed by atoms with E-state index in [1.807, 2.05) is 0 Å². The van der Waals surface area contributed by atoms with E-state index in [9.17, 15) is 9.90 Å². The minimum Gasteiger partial charge on any atom is -0.508 e. The molecule has 0 saturated heterocycles. The first-order chi connectivity index (χ1) is 7.56. The van der Waals surface area contributed by atoms with Crippen LogP contribution >= 0.6 is 0 Å². The molecule has 2 atom stereocenters. The summed E-state index contributed by atoms with van der Waals surface area (Å²) in [6.07, 6.45) is -1.14. The van der Waals surface area contributed by atoms with Gasteiger partial charge in [0.1, 0.15) is 17.9 Å². The number of carbonyl (C=O) groups is 1. The van der Waals surface area contributed by atoms with Crippen molar-refractivity contribution in [3.8, 4) is 5.75 Å². The first kappa shape index (κ1) is 12.5. The number of ether oxygens (including phenoxy) is 1. The quantitative estimate of drug-likeness (QED) is 0.641. The zero-order valence-corrected chi connectivity index (χ0v) is 8.96. The third-order valence-corrected chi connectivity index (χ3v) is 2.13. The van der Waals surface area contributed by atoms with Gasteiger partial charge < -0.3 is 20.7 Å². The minimum atomic E-state index is -1.14. The van der Waals surface area contributed by atoms with Gasteiger partial charge in [0, 0.05) is 0 Å². The zero-order valence-electron chi connectivity index (χ0n) is 8.96. The van der Waals surface area contributed by atoms with Crippen LogP contribution in [0.2, 0.25) is 0 Å². The molecule has 1 aromatic carbocycles. The number of esters is 1. The number of hydrogen-bond donors (Lipinski definition) is 3. The summed E-state index contributed by atoms with van der Waals surface area (Å²) < 4.78 is 4.70. The van der Waals surface area contributed by atoms with Crippen molar-refractivity contribution >= 4 is 5.97 Å². The second-order valence-electron chi connectivity index (χ2n) is 3.31.